The normalized spacial score (nSPS) is 14.1. The first-order valence-electron chi connectivity index (χ1n) is 2.31. The summed E-state index contributed by atoms with van der Waals surface area (Å²) < 4.78 is 5.00. The minimum absolute atomic E-state index is 0.187. The fraction of sp³-hybridized carbons (Fsp3) is 1.00. The maximum absolute atomic E-state index is 5.36. The van der Waals surface area contributed by atoms with E-state index >= 15 is 0 Å². The first-order valence-corrected chi connectivity index (χ1v) is 3.72. The third-order valence-electron chi connectivity index (χ3n) is 0.491. The van der Waals surface area contributed by atoms with E-state index < -0.39 is 0 Å². The van der Waals surface area contributed by atoms with Crippen LogP contribution in [-0.4, -0.2) is 22.4 Å². The molecule has 0 bridgehead atoms. The summed E-state index contributed by atoms with van der Waals surface area (Å²) in [7, 11) is 0.571. The van der Waals surface area contributed by atoms with Crippen LogP contribution in [0, 0.1) is 0 Å². The van der Waals surface area contributed by atoms with E-state index in [1.165, 1.54) is 0 Å². The Hall–Kier alpha value is 0.137. The van der Waals surface area contributed by atoms with Crippen molar-refractivity contribution in [2.75, 3.05) is 6.61 Å². The van der Waals surface area contributed by atoms with E-state index in [-0.39, 0.29) is 6.04 Å². The van der Waals surface area contributed by atoms with Gasteiger partial charge >= 0.3 is 0 Å². The van der Waals surface area contributed by atoms with Gasteiger partial charge in [-0.1, -0.05) is 0 Å². The first kappa shape index (κ1) is 7.14. The van der Waals surface area contributed by atoms with Crippen molar-refractivity contribution in [3.8, 4) is 0 Å². The summed E-state index contributed by atoms with van der Waals surface area (Å²) in [4.78, 5) is 0. The van der Waals surface area contributed by atoms with Gasteiger partial charge < -0.3 is 10.2 Å². The third kappa shape index (κ3) is 6.14. The van der Waals surface area contributed by atoms with Crippen LogP contribution in [0.4, 0.5) is 0 Å². The average molecular weight is 117 g/mol. The van der Waals surface area contributed by atoms with Crippen LogP contribution < -0.4 is 5.73 Å². The molecule has 0 rings (SSSR count). The highest BCUT2D eigenvalue weighted by Crippen LogP contribution is 1.74. The molecule has 2 N–H and O–H groups in total. The number of hydrogen-bond acceptors (Lipinski definition) is 2. The Labute approximate surface area is 47.0 Å². The Bertz CT molecular complexity index is 40.7. The summed E-state index contributed by atoms with van der Waals surface area (Å²) >= 11 is 0. The van der Waals surface area contributed by atoms with Crippen LogP contribution in [0.3, 0.4) is 0 Å². The van der Waals surface area contributed by atoms with Crippen molar-refractivity contribution in [1.82, 2.24) is 0 Å². The third-order valence-corrected chi connectivity index (χ3v) is 0.946. The molecular weight excluding hydrogens is 106 g/mol. The Morgan fingerprint density at radius 2 is 2.43 bits per heavy atom. The topological polar surface area (TPSA) is 35.2 Å². The summed E-state index contributed by atoms with van der Waals surface area (Å²) in [6.07, 6.45) is 0. The van der Waals surface area contributed by atoms with Crippen LogP contribution >= 0.6 is 0 Å². The van der Waals surface area contributed by atoms with Crippen molar-refractivity contribution in [2.45, 2.75) is 19.5 Å². The zero-order valence-corrected chi connectivity index (χ0v) is 5.77. The van der Waals surface area contributed by atoms with Crippen LogP contribution in [-0.2, 0) is 4.43 Å². The summed E-state index contributed by atoms with van der Waals surface area (Å²) in [5.41, 5.74) is 5.36. The predicted octanol–water partition coefficient (Wildman–Crippen LogP) is 0.0175. The molecule has 0 saturated carbocycles. The van der Waals surface area contributed by atoms with Gasteiger partial charge in [0, 0.05) is 12.6 Å². The lowest BCUT2D eigenvalue weighted by atomic mass is 10.4. The fourth-order valence-electron chi connectivity index (χ4n) is 0.215. The van der Waals surface area contributed by atoms with E-state index in [0.29, 0.717) is 16.4 Å². The van der Waals surface area contributed by atoms with Gasteiger partial charge in [-0.3, -0.25) is 0 Å². The Kier molecular flexibility index (Phi) is 4.38. The molecule has 2 radical (unpaired) electrons. The van der Waals surface area contributed by atoms with Crippen LogP contribution in [0.25, 0.3) is 0 Å². The summed E-state index contributed by atoms with van der Waals surface area (Å²) in [6, 6.07) is 0.187. The standard InChI is InChI=1S/C4H11NOSi/c1-4(5)3-6-7-2/h4H,3,5H2,1-2H3. The number of rotatable bonds is 3. The van der Waals surface area contributed by atoms with Gasteiger partial charge in [0.05, 0.1) is 0 Å². The SMILES string of the molecule is C[Si]OCC(C)N. The van der Waals surface area contributed by atoms with E-state index in [2.05, 4.69) is 0 Å². The first-order chi connectivity index (χ1) is 3.27. The van der Waals surface area contributed by atoms with Crippen molar-refractivity contribution in [3.05, 3.63) is 0 Å². The van der Waals surface area contributed by atoms with E-state index in [0.717, 1.165) is 0 Å². The summed E-state index contributed by atoms with van der Waals surface area (Å²) in [5.74, 6) is 0. The van der Waals surface area contributed by atoms with E-state index in [1.807, 2.05) is 13.5 Å². The van der Waals surface area contributed by atoms with Crippen molar-refractivity contribution in [3.63, 3.8) is 0 Å². The smallest absolute Gasteiger partial charge is 0.226 e. The lowest BCUT2D eigenvalue weighted by molar-refractivity contribution is 0.314. The maximum Gasteiger partial charge on any atom is 0.226 e. The molecule has 7 heavy (non-hydrogen) atoms. The molecule has 0 amide bonds. The maximum atomic E-state index is 5.36. The van der Waals surface area contributed by atoms with E-state index in [4.69, 9.17) is 10.2 Å². The lowest BCUT2D eigenvalue weighted by Crippen LogP contribution is -2.22. The molecule has 0 aliphatic rings. The lowest BCUT2D eigenvalue weighted by Gasteiger charge is -2.01. The predicted molar refractivity (Wildman–Crippen MR) is 31.2 cm³/mol. The van der Waals surface area contributed by atoms with E-state index in [1.54, 1.807) is 0 Å². The molecule has 0 aliphatic carbocycles. The molecule has 2 nitrogen and oxygen atoms in total. The average Bonchev–Trinajstić information content (AvgIpc) is 1.61. The fourth-order valence-corrected chi connectivity index (χ4v) is 0.644. The molecule has 0 aromatic rings. The molecule has 1 unspecified atom stereocenters. The molecule has 0 aliphatic heterocycles. The van der Waals surface area contributed by atoms with Gasteiger partial charge in [-0.2, -0.15) is 0 Å². The van der Waals surface area contributed by atoms with Crippen molar-refractivity contribution in [2.24, 2.45) is 5.73 Å². The van der Waals surface area contributed by atoms with Gasteiger partial charge in [0.2, 0.25) is 9.76 Å². The number of nitrogens with two attached hydrogens (primary N) is 1. The largest absolute Gasteiger partial charge is 0.416 e. The van der Waals surface area contributed by atoms with Gasteiger partial charge in [-0.15, -0.1) is 0 Å². The van der Waals surface area contributed by atoms with Crippen LogP contribution in [0.1, 0.15) is 6.92 Å². The quantitative estimate of drug-likeness (QED) is 0.529. The molecule has 0 aromatic heterocycles. The summed E-state index contributed by atoms with van der Waals surface area (Å²) in [6.45, 7) is 4.61. The molecule has 42 valence electrons. The second-order valence-corrected chi connectivity index (χ2v) is 2.19. The Balaban J connectivity index is 2.68. The van der Waals surface area contributed by atoms with Crippen LogP contribution in [0.5, 0.6) is 0 Å². The van der Waals surface area contributed by atoms with Crippen LogP contribution in [0.2, 0.25) is 6.55 Å². The van der Waals surface area contributed by atoms with Gasteiger partial charge in [0.1, 0.15) is 0 Å². The number of hydrogen-bond donors (Lipinski definition) is 1. The molecule has 0 aromatic carbocycles. The molecule has 3 heteroatoms. The molecule has 0 spiro atoms. The molecular formula is C4H11NOSi. The molecule has 0 heterocycles. The van der Waals surface area contributed by atoms with Crippen molar-refractivity contribution in [1.29, 1.82) is 0 Å². The van der Waals surface area contributed by atoms with Gasteiger partial charge in [0.15, 0.2) is 0 Å². The zero-order valence-electron chi connectivity index (χ0n) is 4.77. The minimum atomic E-state index is 0.187. The second-order valence-electron chi connectivity index (χ2n) is 1.49. The monoisotopic (exact) mass is 117 g/mol. The van der Waals surface area contributed by atoms with Gasteiger partial charge in [-0.25, -0.2) is 0 Å². The Morgan fingerprint density at radius 1 is 1.86 bits per heavy atom. The van der Waals surface area contributed by atoms with Crippen LogP contribution in [0.15, 0.2) is 0 Å². The second kappa shape index (κ2) is 4.30. The summed E-state index contributed by atoms with van der Waals surface area (Å²) in [5, 5.41) is 0. The highest BCUT2D eigenvalue weighted by Gasteiger charge is 1.88. The minimum Gasteiger partial charge on any atom is -0.416 e. The van der Waals surface area contributed by atoms with Gasteiger partial charge in [0.25, 0.3) is 0 Å². The molecule has 0 fully saturated rings. The Morgan fingerprint density at radius 3 is 2.57 bits per heavy atom. The highest BCUT2D eigenvalue weighted by molar-refractivity contribution is 6.24. The molecule has 0 saturated heterocycles. The highest BCUT2D eigenvalue weighted by atomic mass is 28.2. The molecule has 1 atom stereocenters. The van der Waals surface area contributed by atoms with E-state index in [9.17, 15) is 0 Å². The van der Waals surface area contributed by atoms with Gasteiger partial charge in [-0.05, 0) is 13.5 Å². The van der Waals surface area contributed by atoms with Crippen molar-refractivity contribution >= 4 is 9.76 Å². The zero-order chi connectivity index (χ0) is 5.70. The van der Waals surface area contributed by atoms with Crippen molar-refractivity contribution < 1.29 is 4.43 Å².